The zero-order chi connectivity index (χ0) is 19.0. The van der Waals surface area contributed by atoms with Gasteiger partial charge in [-0.05, 0) is 32.0 Å². The fourth-order valence-electron chi connectivity index (χ4n) is 2.80. The van der Waals surface area contributed by atoms with E-state index in [1.54, 1.807) is 29.1 Å². The summed E-state index contributed by atoms with van der Waals surface area (Å²) in [5.74, 6) is -0.547. The predicted octanol–water partition coefficient (Wildman–Crippen LogP) is 4.06. The highest BCUT2D eigenvalue weighted by molar-refractivity contribution is 6.12. The molecule has 0 atom stereocenters. The van der Waals surface area contributed by atoms with E-state index in [2.05, 4.69) is 20.4 Å². The number of hydrogen-bond acceptors (Lipinski definition) is 5. The molecule has 3 aromatic heterocycles. The van der Waals surface area contributed by atoms with Crippen LogP contribution in [0.15, 0.2) is 53.5 Å². The van der Waals surface area contributed by atoms with Gasteiger partial charge in [0.2, 0.25) is 0 Å². The number of para-hydroxylation sites is 1. The molecule has 8 heteroatoms. The highest BCUT2D eigenvalue weighted by Gasteiger charge is 2.20. The molecule has 0 fully saturated rings. The minimum atomic E-state index is -0.510. The van der Waals surface area contributed by atoms with Crippen molar-refractivity contribution in [2.45, 2.75) is 19.9 Å². The number of pyridine rings is 1. The number of nitrogens with one attached hydrogen (secondary N) is 1. The topological polar surface area (TPSA) is 85.8 Å². The highest BCUT2D eigenvalue weighted by Crippen LogP contribution is 2.27. The smallest absolute Gasteiger partial charge is 0.256 e. The van der Waals surface area contributed by atoms with E-state index in [4.69, 9.17) is 4.42 Å². The van der Waals surface area contributed by atoms with Crippen molar-refractivity contribution in [3.63, 3.8) is 0 Å². The Morgan fingerprint density at radius 1 is 1.26 bits per heavy atom. The van der Waals surface area contributed by atoms with Crippen molar-refractivity contribution in [1.82, 2.24) is 19.7 Å². The van der Waals surface area contributed by atoms with Crippen LogP contribution in [0.4, 0.5) is 10.1 Å². The maximum atomic E-state index is 13.9. The van der Waals surface area contributed by atoms with Gasteiger partial charge in [-0.1, -0.05) is 12.1 Å². The second-order valence-corrected chi connectivity index (χ2v) is 6.27. The van der Waals surface area contributed by atoms with Crippen molar-refractivity contribution >= 4 is 22.6 Å². The Morgan fingerprint density at radius 2 is 2.07 bits per heavy atom. The number of carbonyl (C=O) groups excluding carboxylic acids is 1. The number of carbonyl (C=O) groups is 1. The molecule has 4 aromatic rings. The summed E-state index contributed by atoms with van der Waals surface area (Å²) in [6, 6.07) is 7.63. The van der Waals surface area contributed by atoms with Gasteiger partial charge in [0.15, 0.2) is 17.8 Å². The monoisotopic (exact) mass is 365 g/mol. The standard InChI is InChI=1S/C19H16FN5O2/c1-11(2)25-18-13(8-22-25)12(7-16(23-18)17-9-21-10-27-17)19(26)24-15-6-4-3-5-14(15)20/h3-11H,1-2H3,(H,24,26). The Balaban J connectivity index is 1.86. The molecule has 0 saturated heterocycles. The molecule has 0 aliphatic carbocycles. The molecule has 0 unspecified atom stereocenters. The van der Waals surface area contributed by atoms with Gasteiger partial charge in [-0.3, -0.25) is 4.79 Å². The highest BCUT2D eigenvalue weighted by atomic mass is 19.1. The van der Waals surface area contributed by atoms with Crippen LogP contribution in [-0.2, 0) is 0 Å². The normalized spacial score (nSPS) is 11.3. The summed E-state index contributed by atoms with van der Waals surface area (Å²) in [6.45, 7) is 3.93. The van der Waals surface area contributed by atoms with Crippen molar-refractivity contribution in [3.8, 4) is 11.5 Å². The summed E-state index contributed by atoms with van der Waals surface area (Å²) >= 11 is 0. The Labute approximate surface area is 153 Å². The molecule has 136 valence electrons. The summed E-state index contributed by atoms with van der Waals surface area (Å²) in [6.07, 6.45) is 4.39. The van der Waals surface area contributed by atoms with Crippen LogP contribution in [0.3, 0.4) is 0 Å². The first-order valence-corrected chi connectivity index (χ1v) is 8.37. The van der Waals surface area contributed by atoms with E-state index in [9.17, 15) is 9.18 Å². The van der Waals surface area contributed by atoms with Crippen LogP contribution in [0.5, 0.6) is 0 Å². The Hall–Kier alpha value is -3.55. The molecule has 0 aliphatic heterocycles. The quantitative estimate of drug-likeness (QED) is 0.589. The van der Waals surface area contributed by atoms with Gasteiger partial charge >= 0.3 is 0 Å². The van der Waals surface area contributed by atoms with E-state index in [1.807, 2.05) is 13.8 Å². The summed E-state index contributed by atoms with van der Waals surface area (Å²) in [5, 5.41) is 7.51. The largest absolute Gasteiger partial charge is 0.442 e. The summed E-state index contributed by atoms with van der Waals surface area (Å²) in [4.78, 5) is 21.4. The first-order valence-electron chi connectivity index (χ1n) is 8.37. The van der Waals surface area contributed by atoms with E-state index in [0.29, 0.717) is 28.1 Å². The lowest BCUT2D eigenvalue weighted by Gasteiger charge is -2.10. The van der Waals surface area contributed by atoms with Crippen LogP contribution < -0.4 is 5.32 Å². The van der Waals surface area contributed by atoms with Gasteiger partial charge in [0.25, 0.3) is 5.91 Å². The van der Waals surface area contributed by atoms with Gasteiger partial charge in [-0.15, -0.1) is 0 Å². The maximum Gasteiger partial charge on any atom is 0.256 e. The molecule has 0 radical (unpaired) electrons. The number of rotatable bonds is 4. The minimum absolute atomic E-state index is 0.0439. The molecule has 0 bridgehead atoms. The SMILES string of the molecule is CC(C)n1ncc2c(C(=O)Nc3ccccc3F)cc(-c3cnco3)nc21. The predicted molar refractivity (Wildman–Crippen MR) is 97.8 cm³/mol. The lowest BCUT2D eigenvalue weighted by Crippen LogP contribution is -2.14. The van der Waals surface area contributed by atoms with Crippen molar-refractivity contribution in [2.75, 3.05) is 5.32 Å². The third kappa shape index (κ3) is 3.05. The Kier molecular flexibility index (Phi) is 4.15. The Bertz CT molecular complexity index is 1120. The number of benzene rings is 1. The van der Waals surface area contributed by atoms with Crippen molar-refractivity contribution in [3.05, 3.63) is 60.5 Å². The molecule has 4 rings (SSSR count). The van der Waals surface area contributed by atoms with Crippen LogP contribution in [0.2, 0.25) is 0 Å². The lowest BCUT2D eigenvalue weighted by molar-refractivity contribution is 0.102. The molecule has 7 nitrogen and oxygen atoms in total. The molecule has 1 N–H and O–H groups in total. The van der Waals surface area contributed by atoms with Crippen molar-refractivity contribution < 1.29 is 13.6 Å². The Morgan fingerprint density at radius 3 is 2.78 bits per heavy atom. The average molecular weight is 365 g/mol. The number of hydrogen-bond donors (Lipinski definition) is 1. The molecule has 1 amide bonds. The van der Waals surface area contributed by atoms with Gasteiger partial charge in [-0.25, -0.2) is 19.0 Å². The average Bonchev–Trinajstić information content (AvgIpc) is 3.32. The number of amides is 1. The fourth-order valence-corrected chi connectivity index (χ4v) is 2.80. The number of halogens is 1. The lowest BCUT2D eigenvalue weighted by atomic mass is 10.1. The summed E-state index contributed by atoms with van der Waals surface area (Å²) < 4.78 is 21.0. The van der Waals surface area contributed by atoms with Crippen LogP contribution in [0.25, 0.3) is 22.5 Å². The van der Waals surface area contributed by atoms with Crippen molar-refractivity contribution in [1.29, 1.82) is 0 Å². The summed E-state index contributed by atoms with van der Waals surface area (Å²) in [7, 11) is 0. The van der Waals surface area contributed by atoms with Gasteiger partial charge in [0.05, 0.1) is 29.0 Å². The number of oxazole rings is 1. The van der Waals surface area contributed by atoms with Crippen LogP contribution in [0, 0.1) is 5.82 Å². The number of aromatic nitrogens is 4. The maximum absolute atomic E-state index is 13.9. The van der Waals surface area contributed by atoms with Gasteiger partial charge in [0, 0.05) is 6.04 Å². The van der Waals surface area contributed by atoms with Gasteiger partial charge < -0.3 is 9.73 Å². The molecular formula is C19H16FN5O2. The van der Waals surface area contributed by atoms with Crippen LogP contribution >= 0.6 is 0 Å². The van der Waals surface area contributed by atoms with E-state index in [1.165, 1.54) is 24.7 Å². The fraction of sp³-hybridized carbons (Fsp3) is 0.158. The van der Waals surface area contributed by atoms with E-state index < -0.39 is 11.7 Å². The molecule has 3 heterocycles. The molecular weight excluding hydrogens is 349 g/mol. The molecule has 1 aromatic carbocycles. The molecule has 0 saturated carbocycles. The zero-order valence-corrected chi connectivity index (χ0v) is 14.7. The molecule has 0 spiro atoms. The van der Waals surface area contributed by atoms with Crippen molar-refractivity contribution in [2.24, 2.45) is 0 Å². The zero-order valence-electron chi connectivity index (χ0n) is 14.7. The van der Waals surface area contributed by atoms with E-state index in [0.717, 1.165) is 0 Å². The molecule has 0 aliphatic rings. The van der Waals surface area contributed by atoms with Gasteiger partial charge in [0.1, 0.15) is 11.5 Å². The van der Waals surface area contributed by atoms with Gasteiger partial charge in [-0.2, -0.15) is 5.10 Å². The second-order valence-electron chi connectivity index (χ2n) is 6.27. The summed E-state index contributed by atoms with van der Waals surface area (Å²) in [5.41, 5.74) is 1.41. The first-order chi connectivity index (χ1) is 13.0. The third-order valence-electron chi connectivity index (χ3n) is 4.11. The van der Waals surface area contributed by atoms with Crippen LogP contribution in [-0.4, -0.2) is 25.7 Å². The third-order valence-corrected chi connectivity index (χ3v) is 4.11. The van der Waals surface area contributed by atoms with Crippen LogP contribution in [0.1, 0.15) is 30.2 Å². The van der Waals surface area contributed by atoms with E-state index >= 15 is 0 Å². The molecule has 27 heavy (non-hydrogen) atoms. The number of anilines is 1. The minimum Gasteiger partial charge on any atom is -0.442 e. The van der Waals surface area contributed by atoms with E-state index in [-0.39, 0.29) is 11.7 Å². The first kappa shape index (κ1) is 16.9. The second kappa shape index (κ2) is 6.64. The number of fused-ring (bicyclic) bond motifs is 1. The number of nitrogens with zero attached hydrogens (tertiary/aromatic N) is 4.